The van der Waals surface area contributed by atoms with Gasteiger partial charge in [-0.15, -0.1) is 0 Å². The summed E-state index contributed by atoms with van der Waals surface area (Å²) in [5.41, 5.74) is 0.555. The van der Waals surface area contributed by atoms with Crippen LogP contribution in [-0.2, 0) is 9.53 Å². The Morgan fingerprint density at radius 1 is 1.47 bits per heavy atom. The molecule has 1 aromatic carbocycles. The molecule has 17 heavy (non-hydrogen) atoms. The standard InChI is InChI=1S/C11H7BrFNO3/c12-8-2-5(13)1-7-9(8)14(3-6-4-17-6)11(16)10(7)15/h1-2,6H,3-4H2. The first-order valence-electron chi connectivity index (χ1n) is 5.05. The van der Waals surface area contributed by atoms with Crippen LogP contribution in [0.5, 0.6) is 0 Å². The van der Waals surface area contributed by atoms with Crippen molar-refractivity contribution >= 4 is 33.3 Å². The molecule has 88 valence electrons. The van der Waals surface area contributed by atoms with Crippen LogP contribution in [0.15, 0.2) is 16.6 Å². The lowest BCUT2D eigenvalue weighted by Crippen LogP contribution is -2.33. The van der Waals surface area contributed by atoms with Crippen LogP contribution in [0.25, 0.3) is 0 Å². The second-order valence-corrected chi connectivity index (χ2v) is 4.84. The van der Waals surface area contributed by atoms with Crippen molar-refractivity contribution in [3.8, 4) is 0 Å². The second kappa shape index (κ2) is 3.61. The van der Waals surface area contributed by atoms with Crippen LogP contribution in [0.3, 0.4) is 0 Å². The lowest BCUT2D eigenvalue weighted by atomic mass is 10.1. The molecule has 0 N–H and O–H groups in total. The van der Waals surface area contributed by atoms with Crippen molar-refractivity contribution in [2.24, 2.45) is 0 Å². The monoisotopic (exact) mass is 299 g/mol. The molecule has 1 aromatic rings. The fourth-order valence-corrected chi connectivity index (χ4v) is 2.55. The molecule has 1 fully saturated rings. The van der Waals surface area contributed by atoms with E-state index in [1.165, 1.54) is 11.0 Å². The fraction of sp³-hybridized carbons (Fsp3) is 0.273. The quantitative estimate of drug-likeness (QED) is 0.614. The zero-order valence-electron chi connectivity index (χ0n) is 8.57. The third-order valence-electron chi connectivity index (χ3n) is 2.77. The number of halogens is 2. The Bertz CT molecular complexity index is 542. The fourth-order valence-electron chi connectivity index (χ4n) is 1.90. The first-order valence-corrected chi connectivity index (χ1v) is 5.84. The SMILES string of the molecule is O=C1C(=O)N(CC2CO2)c2c(Br)cc(F)cc21. The molecule has 6 heteroatoms. The molecule has 2 aliphatic rings. The van der Waals surface area contributed by atoms with Gasteiger partial charge in [0.1, 0.15) is 5.82 Å². The maximum absolute atomic E-state index is 13.2. The van der Waals surface area contributed by atoms with Gasteiger partial charge in [0.05, 0.1) is 30.5 Å². The second-order valence-electron chi connectivity index (χ2n) is 3.98. The van der Waals surface area contributed by atoms with E-state index < -0.39 is 17.5 Å². The lowest BCUT2D eigenvalue weighted by Gasteiger charge is -2.16. The molecular formula is C11H7BrFNO3. The molecule has 0 spiro atoms. The smallest absolute Gasteiger partial charge is 0.299 e. The zero-order chi connectivity index (χ0) is 12.2. The Morgan fingerprint density at radius 2 is 2.18 bits per heavy atom. The summed E-state index contributed by atoms with van der Waals surface area (Å²) in [6.07, 6.45) is -0.0188. The Kier molecular flexibility index (Phi) is 2.31. The number of fused-ring (bicyclic) bond motifs is 1. The van der Waals surface area contributed by atoms with Crippen LogP contribution in [0, 0.1) is 5.82 Å². The van der Waals surface area contributed by atoms with E-state index in [0.29, 0.717) is 23.3 Å². The molecular weight excluding hydrogens is 293 g/mol. The Hall–Kier alpha value is -1.27. The number of hydrogen-bond donors (Lipinski definition) is 0. The molecule has 1 atom stereocenters. The molecule has 0 bridgehead atoms. The van der Waals surface area contributed by atoms with Crippen molar-refractivity contribution in [1.29, 1.82) is 0 Å². The number of hydrogen-bond acceptors (Lipinski definition) is 3. The van der Waals surface area contributed by atoms with Gasteiger partial charge >= 0.3 is 0 Å². The van der Waals surface area contributed by atoms with Crippen LogP contribution >= 0.6 is 15.9 Å². The molecule has 2 aliphatic heterocycles. The van der Waals surface area contributed by atoms with Crippen molar-refractivity contribution in [3.63, 3.8) is 0 Å². The number of epoxide rings is 1. The number of nitrogens with zero attached hydrogens (tertiary/aromatic N) is 1. The number of rotatable bonds is 2. The zero-order valence-corrected chi connectivity index (χ0v) is 10.2. The number of benzene rings is 1. The van der Waals surface area contributed by atoms with Gasteiger partial charge in [0.15, 0.2) is 0 Å². The van der Waals surface area contributed by atoms with E-state index >= 15 is 0 Å². The van der Waals surface area contributed by atoms with Gasteiger partial charge < -0.3 is 9.64 Å². The Labute approximate surface area is 104 Å². The third-order valence-corrected chi connectivity index (χ3v) is 3.38. The van der Waals surface area contributed by atoms with Crippen LogP contribution in [0.4, 0.5) is 10.1 Å². The summed E-state index contributed by atoms with van der Waals surface area (Å²) < 4.78 is 18.6. The van der Waals surface area contributed by atoms with E-state index in [1.807, 2.05) is 0 Å². The molecule has 0 aromatic heterocycles. The van der Waals surface area contributed by atoms with Crippen molar-refractivity contribution in [1.82, 2.24) is 0 Å². The van der Waals surface area contributed by atoms with E-state index in [2.05, 4.69) is 15.9 Å². The summed E-state index contributed by atoms with van der Waals surface area (Å²) in [6, 6.07) is 2.33. The molecule has 3 rings (SSSR count). The number of anilines is 1. The predicted molar refractivity (Wildman–Crippen MR) is 60.5 cm³/mol. The minimum Gasteiger partial charge on any atom is -0.371 e. The summed E-state index contributed by atoms with van der Waals surface area (Å²) in [6.45, 7) is 0.925. The van der Waals surface area contributed by atoms with E-state index in [0.717, 1.165) is 6.07 Å². The maximum Gasteiger partial charge on any atom is 0.299 e. The van der Waals surface area contributed by atoms with Crippen LogP contribution in [0.2, 0.25) is 0 Å². The molecule has 0 radical (unpaired) electrons. The van der Waals surface area contributed by atoms with Gasteiger partial charge in [0.2, 0.25) is 0 Å². The Balaban J connectivity index is 2.10. The van der Waals surface area contributed by atoms with E-state index in [-0.39, 0.29) is 11.7 Å². The first kappa shape index (κ1) is 10.9. The van der Waals surface area contributed by atoms with Crippen LogP contribution < -0.4 is 4.90 Å². The minimum absolute atomic E-state index is 0.0188. The topological polar surface area (TPSA) is 49.9 Å². The van der Waals surface area contributed by atoms with Crippen molar-refractivity contribution in [3.05, 3.63) is 28.0 Å². The summed E-state index contributed by atoms with van der Waals surface area (Å²) in [4.78, 5) is 24.8. The largest absolute Gasteiger partial charge is 0.371 e. The molecule has 0 saturated carbocycles. The van der Waals surface area contributed by atoms with Crippen molar-refractivity contribution in [2.45, 2.75) is 6.10 Å². The normalized spacial score (nSPS) is 22.0. The van der Waals surface area contributed by atoms with E-state index in [1.54, 1.807) is 0 Å². The summed E-state index contributed by atoms with van der Waals surface area (Å²) in [5, 5.41) is 0. The van der Waals surface area contributed by atoms with Crippen LogP contribution in [-0.4, -0.2) is 30.9 Å². The maximum atomic E-state index is 13.2. The molecule has 1 unspecified atom stereocenters. The molecule has 1 amide bonds. The van der Waals surface area contributed by atoms with Gasteiger partial charge in [-0.2, -0.15) is 0 Å². The van der Waals surface area contributed by atoms with Gasteiger partial charge in [-0.1, -0.05) is 0 Å². The van der Waals surface area contributed by atoms with E-state index in [9.17, 15) is 14.0 Å². The number of carbonyl (C=O) groups excluding carboxylic acids is 2. The highest BCUT2D eigenvalue weighted by atomic mass is 79.9. The van der Waals surface area contributed by atoms with Crippen molar-refractivity contribution in [2.75, 3.05) is 18.1 Å². The van der Waals surface area contributed by atoms with Gasteiger partial charge in [-0.25, -0.2) is 4.39 Å². The molecule has 2 heterocycles. The number of Topliss-reactive ketones (excluding diaryl/α,β-unsaturated/α-hetero) is 1. The van der Waals surface area contributed by atoms with Crippen LogP contribution in [0.1, 0.15) is 10.4 Å². The highest BCUT2D eigenvalue weighted by Crippen LogP contribution is 2.37. The average Bonchev–Trinajstić information content (AvgIpc) is 3.04. The van der Waals surface area contributed by atoms with Gasteiger partial charge in [-0.05, 0) is 28.1 Å². The lowest BCUT2D eigenvalue weighted by molar-refractivity contribution is -0.114. The predicted octanol–water partition coefficient (Wildman–Crippen LogP) is 1.52. The highest BCUT2D eigenvalue weighted by molar-refractivity contribution is 9.10. The molecule has 0 aliphatic carbocycles. The van der Waals surface area contributed by atoms with E-state index in [4.69, 9.17) is 4.74 Å². The molecule has 4 nitrogen and oxygen atoms in total. The molecule has 1 saturated heterocycles. The first-order chi connectivity index (χ1) is 8.08. The summed E-state index contributed by atoms with van der Waals surface area (Å²) in [5.74, 6) is -1.83. The van der Waals surface area contributed by atoms with Crippen molar-refractivity contribution < 1.29 is 18.7 Å². The minimum atomic E-state index is -0.666. The number of ether oxygens (including phenoxy) is 1. The van der Waals surface area contributed by atoms with Gasteiger partial charge in [0.25, 0.3) is 11.7 Å². The third kappa shape index (κ3) is 1.68. The summed E-state index contributed by atoms with van der Waals surface area (Å²) >= 11 is 3.18. The number of amides is 1. The average molecular weight is 300 g/mol. The number of carbonyl (C=O) groups is 2. The van der Waals surface area contributed by atoms with Gasteiger partial charge in [-0.3, -0.25) is 9.59 Å². The van der Waals surface area contributed by atoms with Gasteiger partial charge in [0, 0.05) is 4.47 Å². The highest BCUT2D eigenvalue weighted by Gasteiger charge is 2.40. The Morgan fingerprint density at radius 3 is 2.82 bits per heavy atom. The summed E-state index contributed by atoms with van der Waals surface area (Å²) in [7, 11) is 0. The number of ketones is 1.